The molecule has 0 unspecified atom stereocenters. The van der Waals surface area contributed by atoms with Crippen molar-refractivity contribution in [3.8, 4) is 0 Å². The summed E-state index contributed by atoms with van der Waals surface area (Å²) in [6, 6.07) is 9.80. The van der Waals surface area contributed by atoms with Crippen molar-refractivity contribution in [2.24, 2.45) is 0 Å². The number of halogens is 1. The molecule has 21 heavy (non-hydrogen) atoms. The van der Waals surface area contributed by atoms with Gasteiger partial charge in [-0.2, -0.15) is 0 Å². The van der Waals surface area contributed by atoms with Crippen molar-refractivity contribution in [2.45, 2.75) is 13.3 Å². The normalized spacial score (nSPS) is 10.8. The summed E-state index contributed by atoms with van der Waals surface area (Å²) in [6.45, 7) is 2.78. The molecule has 0 aliphatic heterocycles. The average Bonchev–Trinajstić information content (AvgIpc) is 2.50. The second-order valence-corrected chi connectivity index (χ2v) is 4.91. The first kappa shape index (κ1) is 13.4. The van der Waals surface area contributed by atoms with Crippen LogP contribution in [-0.4, -0.2) is 21.5 Å². The van der Waals surface area contributed by atoms with Crippen molar-refractivity contribution >= 4 is 16.9 Å². The number of nitrogens with zero attached hydrogens (tertiary/aromatic N) is 3. The van der Waals surface area contributed by atoms with Gasteiger partial charge in [0, 0.05) is 6.54 Å². The van der Waals surface area contributed by atoms with E-state index in [0.29, 0.717) is 23.4 Å². The molecule has 1 aromatic carbocycles. The molecule has 4 nitrogen and oxygen atoms in total. The molecule has 0 fully saturated rings. The van der Waals surface area contributed by atoms with E-state index in [-0.39, 0.29) is 5.82 Å². The molecule has 0 bridgehead atoms. The van der Waals surface area contributed by atoms with Gasteiger partial charge in [0.25, 0.3) is 0 Å². The molecule has 3 rings (SSSR count). The van der Waals surface area contributed by atoms with E-state index in [1.165, 1.54) is 23.5 Å². The van der Waals surface area contributed by atoms with Gasteiger partial charge in [-0.05, 0) is 25.0 Å². The topological polar surface area (TPSA) is 50.7 Å². The Morgan fingerprint density at radius 1 is 1.10 bits per heavy atom. The zero-order chi connectivity index (χ0) is 14.7. The number of anilines is 1. The smallest absolute Gasteiger partial charge is 0.164 e. The average molecular weight is 282 g/mol. The van der Waals surface area contributed by atoms with E-state index in [1.807, 2.05) is 0 Å². The predicted molar refractivity (Wildman–Crippen MR) is 80.7 cm³/mol. The third-order valence-corrected chi connectivity index (χ3v) is 3.28. The lowest BCUT2D eigenvalue weighted by atomic mass is 10.1. The Kier molecular flexibility index (Phi) is 3.73. The number of hydrogen-bond donors (Lipinski definition) is 1. The third-order valence-electron chi connectivity index (χ3n) is 3.28. The maximum atomic E-state index is 13.3. The fourth-order valence-corrected chi connectivity index (χ4v) is 2.14. The van der Waals surface area contributed by atoms with Gasteiger partial charge in [-0.3, -0.25) is 0 Å². The zero-order valence-electron chi connectivity index (χ0n) is 11.7. The van der Waals surface area contributed by atoms with Crippen LogP contribution in [0.1, 0.15) is 11.1 Å². The van der Waals surface area contributed by atoms with Crippen LogP contribution in [0.25, 0.3) is 11.0 Å². The van der Waals surface area contributed by atoms with Gasteiger partial charge in [-0.15, -0.1) is 0 Å². The van der Waals surface area contributed by atoms with Crippen LogP contribution >= 0.6 is 0 Å². The number of pyridine rings is 1. The number of aromatic nitrogens is 3. The molecular formula is C16H15FN4. The molecule has 3 aromatic rings. The monoisotopic (exact) mass is 282 g/mol. The zero-order valence-corrected chi connectivity index (χ0v) is 11.7. The highest BCUT2D eigenvalue weighted by molar-refractivity contribution is 5.85. The van der Waals surface area contributed by atoms with Crippen LogP contribution in [0, 0.1) is 12.7 Å². The number of rotatable bonds is 4. The molecule has 2 heterocycles. The summed E-state index contributed by atoms with van der Waals surface area (Å²) in [6.07, 6.45) is 3.46. The maximum Gasteiger partial charge on any atom is 0.164 e. The van der Waals surface area contributed by atoms with Gasteiger partial charge in [0.1, 0.15) is 18.0 Å². The first-order valence-corrected chi connectivity index (χ1v) is 6.78. The molecule has 0 amide bonds. The molecule has 5 heteroatoms. The summed E-state index contributed by atoms with van der Waals surface area (Å²) in [4.78, 5) is 12.1. The van der Waals surface area contributed by atoms with Crippen LogP contribution in [0.4, 0.5) is 10.2 Å². The minimum Gasteiger partial charge on any atom is -0.369 e. The highest BCUT2D eigenvalue weighted by Gasteiger charge is 2.05. The van der Waals surface area contributed by atoms with Crippen molar-refractivity contribution in [3.05, 3.63) is 59.8 Å². The van der Waals surface area contributed by atoms with Crippen LogP contribution in [0.3, 0.4) is 0 Å². The Labute approximate surface area is 122 Å². The fraction of sp³-hybridized carbons (Fsp3) is 0.188. The molecule has 0 saturated carbocycles. The number of fused-ring (bicyclic) bond motifs is 1. The van der Waals surface area contributed by atoms with E-state index in [9.17, 15) is 4.39 Å². The molecule has 0 atom stereocenters. The van der Waals surface area contributed by atoms with Crippen LogP contribution in [-0.2, 0) is 6.42 Å². The van der Waals surface area contributed by atoms with E-state index in [0.717, 1.165) is 12.6 Å². The first-order chi connectivity index (χ1) is 10.2. The highest BCUT2D eigenvalue weighted by atomic mass is 19.1. The lowest BCUT2D eigenvalue weighted by molar-refractivity contribution is 0.624. The first-order valence-electron chi connectivity index (χ1n) is 6.78. The molecule has 0 radical (unpaired) electrons. The maximum absolute atomic E-state index is 13.3. The molecule has 2 aromatic heterocycles. The van der Waals surface area contributed by atoms with Gasteiger partial charge in [0.05, 0.1) is 11.6 Å². The molecule has 1 N–H and O–H groups in total. The van der Waals surface area contributed by atoms with Crippen molar-refractivity contribution in [1.82, 2.24) is 15.0 Å². The number of nitrogens with one attached hydrogen (secondary N) is 1. The molecule has 0 aliphatic rings. The summed E-state index contributed by atoms with van der Waals surface area (Å²) in [5, 5.41) is 3.82. The predicted octanol–water partition coefficient (Wildman–Crippen LogP) is 3.13. The second kappa shape index (κ2) is 5.83. The van der Waals surface area contributed by atoms with Gasteiger partial charge >= 0.3 is 0 Å². The summed E-state index contributed by atoms with van der Waals surface area (Å²) < 4.78 is 13.3. The van der Waals surface area contributed by atoms with Crippen molar-refractivity contribution in [1.29, 1.82) is 0 Å². The standard InChI is InChI=1S/C16H15FN4/c1-11-2-4-12(5-3-11)6-7-18-15-14-8-13(17)9-19-16(14)21-10-20-15/h2-5,8-10H,6-7H2,1H3,(H,18,19,20,21). The Bertz CT molecular complexity index is 756. The van der Waals surface area contributed by atoms with E-state index < -0.39 is 0 Å². The van der Waals surface area contributed by atoms with Gasteiger partial charge in [-0.1, -0.05) is 29.8 Å². The minimum atomic E-state index is -0.390. The minimum absolute atomic E-state index is 0.390. The third kappa shape index (κ3) is 3.13. The quantitative estimate of drug-likeness (QED) is 0.798. The van der Waals surface area contributed by atoms with Crippen LogP contribution in [0.2, 0.25) is 0 Å². The Morgan fingerprint density at radius 3 is 2.71 bits per heavy atom. The molecular weight excluding hydrogens is 267 g/mol. The molecule has 0 spiro atoms. The summed E-state index contributed by atoms with van der Waals surface area (Å²) in [7, 11) is 0. The van der Waals surface area contributed by atoms with Gasteiger partial charge < -0.3 is 5.32 Å². The largest absolute Gasteiger partial charge is 0.369 e. The van der Waals surface area contributed by atoms with E-state index in [2.05, 4.69) is 51.5 Å². The van der Waals surface area contributed by atoms with Crippen molar-refractivity contribution in [2.75, 3.05) is 11.9 Å². The summed E-state index contributed by atoms with van der Waals surface area (Å²) >= 11 is 0. The number of hydrogen-bond acceptors (Lipinski definition) is 4. The lowest BCUT2D eigenvalue weighted by Crippen LogP contribution is -2.07. The van der Waals surface area contributed by atoms with Crippen molar-refractivity contribution in [3.63, 3.8) is 0 Å². The highest BCUT2D eigenvalue weighted by Crippen LogP contribution is 2.18. The van der Waals surface area contributed by atoms with E-state index in [1.54, 1.807) is 0 Å². The Morgan fingerprint density at radius 2 is 1.90 bits per heavy atom. The second-order valence-electron chi connectivity index (χ2n) is 4.91. The van der Waals surface area contributed by atoms with E-state index in [4.69, 9.17) is 0 Å². The molecule has 0 saturated heterocycles. The number of benzene rings is 1. The van der Waals surface area contributed by atoms with Crippen molar-refractivity contribution < 1.29 is 4.39 Å². The molecule has 106 valence electrons. The lowest BCUT2D eigenvalue weighted by Gasteiger charge is -2.08. The van der Waals surface area contributed by atoms with Gasteiger partial charge in [0.15, 0.2) is 5.65 Å². The Balaban J connectivity index is 1.73. The van der Waals surface area contributed by atoms with Gasteiger partial charge in [0.2, 0.25) is 0 Å². The summed E-state index contributed by atoms with van der Waals surface area (Å²) in [5.41, 5.74) is 2.98. The summed E-state index contributed by atoms with van der Waals surface area (Å²) in [5.74, 6) is 0.220. The SMILES string of the molecule is Cc1ccc(CCNc2ncnc3ncc(F)cc23)cc1. The van der Waals surface area contributed by atoms with Crippen LogP contribution < -0.4 is 5.32 Å². The van der Waals surface area contributed by atoms with E-state index >= 15 is 0 Å². The number of aryl methyl sites for hydroxylation is 1. The Hall–Kier alpha value is -2.56. The van der Waals surface area contributed by atoms with Crippen LogP contribution in [0.5, 0.6) is 0 Å². The van der Waals surface area contributed by atoms with Gasteiger partial charge in [-0.25, -0.2) is 19.3 Å². The van der Waals surface area contributed by atoms with Crippen LogP contribution in [0.15, 0.2) is 42.9 Å². The molecule has 0 aliphatic carbocycles. The fourth-order valence-electron chi connectivity index (χ4n) is 2.14.